The third-order valence-corrected chi connectivity index (χ3v) is 5.74. The molecule has 27 heavy (non-hydrogen) atoms. The number of carbonyl (C=O) groups is 1. The molecule has 0 amide bonds. The molecule has 1 aliphatic rings. The summed E-state index contributed by atoms with van der Waals surface area (Å²) < 4.78 is 43.4. The average molecular weight is 393 g/mol. The maximum Gasteiger partial charge on any atom is 0.324 e. The maximum absolute atomic E-state index is 13.2. The molecule has 3 rings (SSSR count). The lowest BCUT2D eigenvalue weighted by atomic mass is 10.2. The van der Waals surface area contributed by atoms with Crippen molar-refractivity contribution in [2.75, 3.05) is 31.2 Å². The highest BCUT2D eigenvalue weighted by molar-refractivity contribution is 7.92. The first-order chi connectivity index (χ1) is 12.8. The number of ether oxygens (including phenoxy) is 3. The van der Waals surface area contributed by atoms with Crippen LogP contribution in [-0.2, 0) is 14.8 Å². The first-order valence-electron chi connectivity index (χ1n) is 8.12. The van der Waals surface area contributed by atoms with Crippen LogP contribution in [0.4, 0.5) is 5.69 Å². The summed E-state index contributed by atoms with van der Waals surface area (Å²) in [5, 5.41) is 9.29. The van der Waals surface area contributed by atoms with Gasteiger partial charge in [-0.2, -0.15) is 0 Å². The molecule has 0 saturated heterocycles. The average Bonchev–Trinajstić information content (AvgIpc) is 2.65. The van der Waals surface area contributed by atoms with Crippen LogP contribution in [-0.4, -0.2) is 46.4 Å². The van der Waals surface area contributed by atoms with E-state index in [2.05, 4.69) is 0 Å². The van der Waals surface area contributed by atoms with E-state index >= 15 is 0 Å². The van der Waals surface area contributed by atoms with Gasteiger partial charge in [0, 0.05) is 6.07 Å². The fourth-order valence-electron chi connectivity index (χ4n) is 2.73. The van der Waals surface area contributed by atoms with Gasteiger partial charge in [-0.15, -0.1) is 0 Å². The molecule has 2 aromatic carbocycles. The van der Waals surface area contributed by atoms with Crippen LogP contribution in [0.2, 0.25) is 0 Å². The van der Waals surface area contributed by atoms with Crippen molar-refractivity contribution in [3.05, 3.63) is 42.0 Å². The molecule has 0 aromatic heterocycles. The fourth-order valence-corrected chi connectivity index (χ4v) is 4.16. The Kier molecular flexibility index (Phi) is 5.13. The van der Waals surface area contributed by atoms with E-state index in [1.165, 1.54) is 25.3 Å². The van der Waals surface area contributed by atoms with Crippen molar-refractivity contribution in [3.63, 3.8) is 0 Å². The highest BCUT2D eigenvalue weighted by Gasteiger charge is 2.30. The highest BCUT2D eigenvalue weighted by Crippen LogP contribution is 2.36. The third-order valence-electron chi connectivity index (χ3n) is 3.98. The minimum atomic E-state index is -4.20. The summed E-state index contributed by atoms with van der Waals surface area (Å²) in [6.07, 6.45) is 0. The van der Waals surface area contributed by atoms with Crippen molar-refractivity contribution >= 4 is 21.7 Å². The number of hydrogen-bond acceptors (Lipinski definition) is 6. The van der Waals surface area contributed by atoms with Gasteiger partial charge in [0.1, 0.15) is 25.5 Å². The van der Waals surface area contributed by atoms with Gasteiger partial charge < -0.3 is 19.3 Å². The van der Waals surface area contributed by atoms with Crippen molar-refractivity contribution in [2.24, 2.45) is 0 Å². The molecule has 0 aliphatic carbocycles. The molecule has 8 nitrogen and oxygen atoms in total. The van der Waals surface area contributed by atoms with E-state index in [0.29, 0.717) is 24.7 Å². The standard InChI is InChI=1S/C18H19NO7S/c1-12-3-5-15(24-2)14(9-12)19(11-18(20)21)27(22,23)13-4-6-16-17(10-13)26-8-7-25-16/h3-6,9-10H,7-8,11H2,1-2H3,(H,20,21). The van der Waals surface area contributed by atoms with Gasteiger partial charge in [0.25, 0.3) is 10.0 Å². The molecule has 0 fully saturated rings. The smallest absolute Gasteiger partial charge is 0.324 e. The van der Waals surface area contributed by atoms with Crippen molar-refractivity contribution < 1.29 is 32.5 Å². The summed E-state index contributed by atoms with van der Waals surface area (Å²) in [7, 11) is -2.80. The Hall–Kier alpha value is -2.94. The number of carboxylic acids is 1. The van der Waals surface area contributed by atoms with Gasteiger partial charge in [0.2, 0.25) is 0 Å². The van der Waals surface area contributed by atoms with Gasteiger partial charge in [-0.1, -0.05) is 6.07 Å². The zero-order chi connectivity index (χ0) is 19.6. The van der Waals surface area contributed by atoms with E-state index in [0.717, 1.165) is 9.87 Å². The summed E-state index contributed by atoms with van der Waals surface area (Å²) in [5.74, 6) is -0.297. The Morgan fingerprint density at radius 2 is 1.85 bits per heavy atom. The van der Waals surface area contributed by atoms with Crippen LogP contribution in [0.3, 0.4) is 0 Å². The second-order valence-electron chi connectivity index (χ2n) is 5.89. The minimum Gasteiger partial charge on any atom is -0.495 e. The molecular formula is C18H19NO7S. The van der Waals surface area contributed by atoms with Crippen molar-refractivity contribution in [1.29, 1.82) is 0 Å². The van der Waals surface area contributed by atoms with E-state index in [9.17, 15) is 18.3 Å². The Balaban J connectivity index is 2.12. The van der Waals surface area contributed by atoms with Gasteiger partial charge >= 0.3 is 5.97 Å². The van der Waals surface area contributed by atoms with Crippen LogP contribution >= 0.6 is 0 Å². The lowest BCUT2D eigenvalue weighted by Crippen LogP contribution is -2.36. The van der Waals surface area contributed by atoms with Crippen LogP contribution in [0.25, 0.3) is 0 Å². The predicted molar refractivity (Wildman–Crippen MR) is 97.3 cm³/mol. The molecule has 0 spiro atoms. The van der Waals surface area contributed by atoms with E-state index in [-0.39, 0.29) is 16.3 Å². The van der Waals surface area contributed by atoms with Crippen molar-refractivity contribution in [1.82, 2.24) is 0 Å². The fraction of sp³-hybridized carbons (Fsp3) is 0.278. The van der Waals surface area contributed by atoms with Crippen LogP contribution in [0.15, 0.2) is 41.3 Å². The second-order valence-corrected chi connectivity index (χ2v) is 7.75. The SMILES string of the molecule is COc1ccc(C)cc1N(CC(=O)O)S(=O)(=O)c1ccc2c(c1)OCCO2. The molecule has 2 aromatic rings. The Morgan fingerprint density at radius 1 is 1.15 bits per heavy atom. The molecular weight excluding hydrogens is 374 g/mol. The van der Waals surface area contributed by atoms with Crippen LogP contribution in [0.5, 0.6) is 17.2 Å². The summed E-state index contributed by atoms with van der Waals surface area (Å²) in [6.45, 7) is 1.71. The third kappa shape index (κ3) is 3.77. The topological polar surface area (TPSA) is 102 Å². The summed E-state index contributed by atoms with van der Waals surface area (Å²) >= 11 is 0. The van der Waals surface area contributed by atoms with Crippen LogP contribution in [0.1, 0.15) is 5.56 Å². The van der Waals surface area contributed by atoms with Crippen molar-refractivity contribution in [2.45, 2.75) is 11.8 Å². The number of methoxy groups -OCH3 is 1. The molecule has 0 saturated carbocycles. The highest BCUT2D eigenvalue weighted by atomic mass is 32.2. The molecule has 9 heteroatoms. The molecule has 144 valence electrons. The van der Waals surface area contributed by atoms with Gasteiger partial charge in [-0.05, 0) is 36.8 Å². The van der Waals surface area contributed by atoms with Gasteiger partial charge in [0.05, 0.1) is 17.7 Å². The summed E-state index contributed by atoms with van der Waals surface area (Å²) in [5.41, 5.74) is 0.911. The molecule has 1 heterocycles. The molecule has 0 radical (unpaired) electrons. The number of carboxylic acid groups (broad SMARTS) is 1. The van der Waals surface area contributed by atoms with E-state index in [1.807, 2.05) is 0 Å². The number of anilines is 1. The second kappa shape index (κ2) is 7.36. The molecule has 1 aliphatic heterocycles. The Bertz CT molecular complexity index is 972. The monoisotopic (exact) mass is 393 g/mol. The molecule has 1 N–H and O–H groups in total. The molecule has 0 bridgehead atoms. The van der Waals surface area contributed by atoms with Crippen LogP contribution < -0.4 is 18.5 Å². The van der Waals surface area contributed by atoms with Gasteiger partial charge in [-0.3, -0.25) is 9.10 Å². The Labute approximate surface area is 156 Å². The number of nitrogens with zero attached hydrogens (tertiary/aromatic N) is 1. The summed E-state index contributed by atoms with van der Waals surface area (Å²) in [4.78, 5) is 11.3. The number of aryl methyl sites for hydroxylation is 1. The number of aliphatic carboxylic acids is 1. The first kappa shape index (κ1) is 18.8. The molecule has 0 atom stereocenters. The largest absolute Gasteiger partial charge is 0.495 e. The minimum absolute atomic E-state index is 0.100. The first-order valence-corrected chi connectivity index (χ1v) is 9.56. The van der Waals surface area contributed by atoms with Crippen LogP contribution in [0, 0.1) is 6.92 Å². The summed E-state index contributed by atoms with van der Waals surface area (Å²) in [6, 6.07) is 9.10. The van der Waals surface area contributed by atoms with Gasteiger partial charge in [-0.25, -0.2) is 8.42 Å². The zero-order valence-corrected chi connectivity index (χ0v) is 15.7. The number of sulfonamides is 1. The lowest BCUT2D eigenvalue weighted by molar-refractivity contribution is -0.135. The Morgan fingerprint density at radius 3 is 2.52 bits per heavy atom. The van der Waals surface area contributed by atoms with Crippen molar-refractivity contribution in [3.8, 4) is 17.2 Å². The normalized spacial score (nSPS) is 13.1. The number of hydrogen-bond donors (Lipinski definition) is 1. The number of rotatable bonds is 6. The van der Waals surface area contributed by atoms with E-state index in [4.69, 9.17) is 14.2 Å². The predicted octanol–water partition coefficient (Wildman–Crippen LogP) is 2.05. The quantitative estimate of drug-likeness (QED) is 0.801. The van der Waals surface area contributed by atoms with Gasteiger partial charge in [0.15, 0.2) is 11.5 Å². The zero-order valence-electron chi connectivity index (χ0n) is 14.8. The van der Waals surface area contributed by atoms with E-state index in [1.54, 1.807) is 25.1 Å². The number of benzene rings is 2. The lowest BCUT2D eigenvalue weighted by Gasteiger charge is -2.26. The maximum atomic E-state index is 13.2. The molecule has 0 unspecified atom stereocenters. The number of fused-ring (bicyclic) bond motifs is 1. The van der Waals surface area contributed by atoms with E-state index < -0.39 is 22.5 Å².